The van der Waals surface area contributed by atoms with Crippen molar-refractivity contribution in [1.29, 1.82) is 0 Å². The standard InChI is InChI=1S/C29H49NO5/c1-6-8-10-12-13-14-15-16-17-19-24(34-29(32)26(30-33-5)21-23(3)4)22-27-25(28(31)35-27)20-18-11-9-7-2/h8,10,13-14,16-17,23-27,30H,6-7,9,11-12,15,18-22H2,1-5H3. The number of cyclic esters (lactones) is 1. The molecule has 4 unspecified atom stereocenters. The first kappa shape index (κ1) is 31.1. The highest BCUT2D eigenvalue weighted by Crippen LogP contribution is 2.32. The van der Waals surface area contributed by atoms with Crippen LogP contribution in [0.15, 0.2) is 36.5 Å². The van der Waals surface area contributed by atoms with Gasteiger partial charge in [0.2, 0.25) is 0 Å². The lowest BCUT2D eigenvalue weighted by Crippen LogP contribution is -2.48. The Labute approximate surface area is 213 Å². The van der Waals surface area contributed by atoms with E-state index in [9.17, 15) is 9.59 Å². The van der Waals surface area contributed by atoms with E-state index in [4.69, 9.17) is 14.3 Å². The van der Waals surface area contributed by atoms with Crippen molar-refractivity contribution >= 4 is 11.9 Å². The van der Waals surface area contributed by atoms with Crippen LogP contribution in [-0.2, 0) is 23.9 Å². The number of allylic oxidation sites excluding steroid dienone is 5. The van der Waals surface area contributed by atoms with Gasteiger partial charge in [-0.25, -0.2) is 0 Å². The third kappa shape index (κ3) is 13.7. The van der Waals surface area contributed by atoms with E-state index < -0.39 is 6.04 Å². The van der Waals surface area contributed by atoms with Gasteiger partial charge >= 0.3 is 11.9 Å². The number of carbonyl (C=O) groups excluding carboxylic acids is 2. The molecule has 1 fully saturated rings. The molecule has 0 bridgehead atoms. The predicted octanol–water partition coefficient (Wildman–Crippen LogP) is 6.61. The lowest BCUT2D eigenvalue weighted by atomic mass is 9.87. The molecule has 4 atom stereocenters. The van der Waals surface area contributed by atoms with Crippen LogP contribution in [0.25, 0.3) is 0 Å². The predicted molar refractivity (Wildman–Crippen MR) is 142 cm³/mol. The van der Waals surface area contributed by atoms with Crippen LogP contribution in [0.5, 0.6) is 0 Å². The fourth-order valence-corrected chi connectivity index (χ4v) is 4.17. The van der Waals surface area contributed by atoms with E-state index in [1.54, 1.807) is 0 Å². The molecular weight excluding hydrogens is 442 g/mol. The average Bonchev–Trinajstić information content (AvgIpc) is 2.81. The topological polar surface area (TPSA) is 73.9 Å². The zero-order chi connectivity index (χ0) is 25.9. The summed E-state index contributed by atoms with van der Waals surface area (Å²) in [6.45, 7) is 8.42. The molecule has 1 heterocycles. The number of ether oxygens (including phenoxy) is 2. The number of rotatable bonds is 20. The summed E-state index contributed by atoms with van der Waals surface area (Å²) in [6, 6.07) is -0.528. The van der Waals surface area contributed by atoms with Crippen molar-refractivity contribution in [3.63, 3.8) is 0 Å². The van der Waals surface area contributed by atoms with E-state index in [0.717, 1.165) is 38.5 Å². The largest absolute Gasteiger partial charge is 0.461 e. The van der Waals surface area contributed by atoms with Crippen molar-refractivity contribution in [2.75, 3.05) is 7.11 Å². The number of hydrogen-bond donors (Lipinski definition) is 1. The van der Waals surface area contributed by atoms with Crippen molar-refractivity contribution in [3.05, 3.63) is 36.5 Å². The summed E-state index contributed by atoms with van der Waals surface area (Å²) in [5.74, 6) is -0.216. The SMILES string of the molecule is CCC=CCC=CCC=CCC(CC1OC(=O)C1CCCCCC)OC(=O)C(CC(C)C)NOC. The number of hydrogen-bond acceptors (Lipinski definition) is 6. The molecule has 0 aromatic carbocycles. The van der Waals surface area contributed by atoms with Gasteiger partial charge in [-0.1, -0.05) is 89.8 Å². The average molecular weight is 492 g/mol. The van der Waals surface area contributed by atoms with E-state index in [0.29, 0.717) is 25.2 Å². The van der Waals surface area contributed by atoms with Crippen LogP contribution in [0, 0.1) is 11.8 Å². The van der Waals surface area contributed by atoms with Gasteiger partial charge in [0.25, 0.3) is 0 Å². The summed E-state index contributed by atoms with van der Waals surface area (Å²) in [6.07, 6.45) is 22.2. The van der Waals surface area contributed by atoms with E-state index >= 15 is 0 Å². The van der Waals surface area contributed by atoms with Gasteiger partial charge in [-0.2, -0.15) is 5.48 Å². The number of nitrogens with one attached hydrogen (secondary N) is 1. The molecule has 1 rings (SSSR count). The normalized spacial score (nSPS) is 20.0. The van der Waals surface area contributed by atoms with Gasteiger partial charge in [0.15, 0.2) is 0 Å². The van der Waals surface area contributed by atoms with Crippen molar-refractivity contribution in [2.24, 2.45) is 11.8 Å². The minimum atomic E-state index is -0.528. The Hall–Kier alpha value is -1.92. The fraction of sp³-hybridized carbons (Fsp3) is 0.724. The maximum atomic E-state index is 12.9. The molecule has 6 heteroatoms. The summed E-state index contributed by atoms with van der Waals surface area (Å²) >= 11 is 0. The van der Waals surface area contributed by atoms with Gasteiger partial charge < -0.3 is 14.3 Å². The zero-order valence-electron chi connectivity index (χ0n) is 22.7. The number of carbonyl (C=O) groups is 2. The minimum absolute atomic E-state index is 0.0836. The molecule has 0 amide bonds. The molecule has 1 aliphatic heterocycles. The van der Waals surface area contributed by atoms with Crippen LogP contribution in [0.3, 0.4) is 0 Å². The number of esters is 2. The molecule has 1 N–H and O–H groups in total. The summed E-state index contributed by atoms with van der Waals surface area (Å²) in [5.41, 5.74) is 2.77. The van der Waals surface area contributed by atoms with Crippen molar-refractivity contribution in [3.8, 4) is 0 Å². The smallest absolute Gasteiger partial charge is 0.325 e. The molecule has 1 aliphatic rings. The fourth-order valence-electron chi connectivity index (χ4n) is 4.17. The molecule has 0 aliphatic carbocycles. The van der Waals surface area contributed by atoms with Crippen LogP contribution in [0.1, 0.15) is 98.3 Å². The minimum Gasteiger partial charge on any atom is -0.461 e. The summed E-state index contributed by atoms with van der Waals surface area (Å²) < 4.78 is 11.4. The molecule has 35 heavy (non-hydrogen) atoms. The quantitative estimate of drug-likeness (QED) is 0.0893. The Morgan fingerprint density at radius 1 is 1.03 bits per heavy atom. The third-order valence-electron chi connectivity index (χ3n) is 6.10. The molecule has 0 radical (unpaired) electrons. The lowest BCUT2D eigenvalue weighted by molar-refractivity contribution is -0.190. The van der Waals surface area contributed by atoms with Gasteiger partial charge in [0.1, 0.15) is 18.2 Å². The highest BCUT2D eigenvalue weighted by atomic mass is 16.6. The first-order chi connectivity index (χ1) is 16.9. The van der Waals surface area contributed by atoms with E-state index in [1.165, 1.54) is 20.0 Å². The maximum absolute atomic E-state index is 12.9. The molecule has 0 saturated carbocycles. The Balaban J connectivity index is 2.71. The molecular formula is C29H49NO5. The van der Waals surface area contributed by atoms with Gasteiger partial charge in [-0.05, 0) is 38.0 Å². The first-order valence-corrected chi connectivity index (χ1v) is 13.6. The van der Waals surface area contributed by atoms with Crippen molar-refractivity contribution in [2.45, 2.75) is 117 Å². The Morgan fingerprint density at radius 2 is 1.71 bits per heavy atom. The van der Waals surface area contributed by atoms with Crippen molar-refractivity contribution in [1.82, 2.24) is 5.48 Å². The second-order valence-corrected chi connectivity index (χ2v) is 9.76. The third-order valence-corrected chi connectivity index (χ3v) is 6.10. The summed E-state index contributed by atoms with van der Waals surface area (Å²) in [4.78, 5) is 30.0. The van der Waals surface area contributed by atoms with Gasteiger partial charge in [-0.3, -0.25) is 9.59 Å². The van der Waals surface area contributed by atoms with Crippen LogP contribution in [-0.4, -0.2) is 37.3 Å². The Bertz CT molecular complexity index is 670. The lowest BCUT2D eigenvalue weighted by Gasteiger charge is -2.37. The second kappa shape index (κ2) is 19.3. The summed E-state index contributed by atoms with van der Waals surface area (Å²) in [5, 5.41) is 0. The Morgan fingerprint density at radius 3 is 2.31 bits per heavy atom. The van der Waals surface area contributed by atoms with Gasteiger partial charge in [-0.15, -0.1) is 0 Å². The summed E-state index contributed by atoms with van der Waals surface area (Å²) in [7, 11) is 1.50. The molecule has 6 nitrogen and oxygen atoms in total. The molecule has 200 valence electrons. The molecule has 1 saturated heterocycles. The maximum Gasteiger partial charge on any atom is 0.325 e. The first-order valence-electron chi connectivity index (χ1n) is 13.6. The zero-order valence-corrected chi connectivity index (χ0v) is 22.7. The van der Waals surface area contributed by atoms with Gasteiger partial charge in [0.05, 0.1) is 13.0 Å². The number of unbranched alkanes of at least 4 members (excludes halogenated alkanes) is 3. The molecule has 0 spiro atoms. The Kier molecular flexibility index (Phi) is 17.1. The van der Waals surface area contributed by atoms with Crippen LogP contribution in [0.4, 0.5) is 0 Å². The van der Waals surface area contributed by atoms with Crippen LogP contribution in [0.2, 0.25) is 0 Å². The van der Waals surface area contributed by atoms with E-state index in [-0.39, 0.29) is 30.1 Å². The molecule has 0 aromatic rings. The van der Waals surface area contributed by atoms with Crippen LogP contribution < -0.4 is 5.48 Å². The monoisotopic (exact) mass is 491 g/mol. The van der Waals surface area contributed by atoms with Crippen LogP contribution >= 0.6 is 0 Å². The van der Waals surface area contributed by atoms with Crippen molar-refractivity contribution < 1.29 is 23.9 Å². The second-order valence-electron chi connectivity index (χ2n) is 9.76. The van der Waals surface area contributed by atoms with Gasteiger partial charge in [0, 0.05) is 12.8 Å². The van der Waals surface area contributed by atoms with E-state index in [2.05, 4.69) is 69.6 Å². The number of hydroxylamine groups is 1. The molecule has 0 aromatic heterocycles. The highest BCUT2D eigenvalue weighted by molar-refractivity contribution is 5.78. The highest BCUT2D eigenvalue weighted by Gasteiger charge is 2.43. The van der Waals surface area contributed by atoms with E-state index in [1.807, 2.05) is 0 Å².